The first-order valence-electron chi connectivity index (χ1n) is 9.18. The van der Waals surface area contributed by atoms with E-state index < -0.39 is 0 Å². The van der Waals surface area contributed by atoms with Crippen molar-refractivity contribution < 1.29 is 5.11 Å². The molecule has 1 atom stereocenters. The fraction of sp³-hybridized carbons (Fsp3) is 0.350. The second-order valence-corrected chi connectivity index (χ2v) is 7.34. The second kappa shape index (κ2) is 8.17. The Bertz CT molecular complexity index is 860. The lowest BCUT2D eigenvalue weighted by Crippen LogP contribution is -2.40. The van der Waals surface area contributed by atoms with Gasteiger partial charge in [-0.25, -0.2) is 4.68 Å². The van der Waals surface area contributed by atoms with Crippen LogP contribution in [0.15, 0.2) is 54.6 Å². The van der Waals surface area contributed by atoms with Gasteiger partial charge < -0.3 is 5.11 Å². The molecule has 140 valence electrons. The molecule has 1 unspecified atom stereocenters. The van der Waals surface area contributed by atoms with E-state index in [0.717, 1.165) is 42.9 Å². The zero-order chi connectivity index (χ0) is 18.6. The zero-order valence-corrected chi connectivity index (χ0v) is 15.7. The van der Waals surface area contributed by atoms with E-state index >= 15 is 0 Å². The van der Waals surface area contributed by atoms with Crippen molar-refractivity contribution in [2.45, 2.75) is 31.5 Å². The van der Waals surface area contributed by atoms with Crippen molar-refractivity contribution in [1.82, 2.24) is 25.1 Å². The minimum Gasteiger partial charge on any atom is -0.393 e. The molecule has 3 aromatic rings. The standard InChI is InChI=1S/C20H22ClN5O/c21-17-8-6-16(7-9-17)19(25-12-10-18(27)11-13-25)20-22-23-24-26(20)14-15-4-2-1-3-5-15/h1-9,18-19,27H,10-14H2. The molecule has 0 radical (unpaired) electrons. The van der Waals surface area contributed by atoms with Crippen molar-refractivity contribution in [3.8, 4) is 0 Å². The van der Waals surface area contributed by atoms with Crippen LogP contribution in [0.4, 0.5) is 0 Å². The molecule has 0 saturated carbocycles. The number of aliphatic hydroxyl groups is 1. The van der Waals surface area contributed by atoms with Crippen LogP contribution in [-0.2, 0) is 6.54 Å². The molecule has 1 aliphatic heterocycles. The van der Waals surface area contributed by atoms with Gasteiger partial charge in [0.05, 0.1) is 18.7 Å². The van der Waals surface area contributed by atoms with Crippen LogP contribution in [0.1, 0.15) is 35.8 Å². The van der Waals surface area contributed by atoms with Gasteiger partial charge in [-0.15, -0.1) is 5.10 Å². The molecular formula is C20H22ClN5O. The summed E-state index contributed by atoms with van der Waals surface area (Å²) in [5.74, 6) is 0.803. The monoisotopic (exact) mass is 383 g/mol. The summed E-state index contributed by atoms with van der Waals surface area (Å²) in [7, 11) is 0. The Balaban J connectivity index is 1.69. The molecule has 0 bridgehead atoms. The van der Waals surface area contributed by atoms with Crippen LogP contribution in [0.3, 0.4) is 0 Å². The predicted molar refractivity (Wildman–Crippen MR) is 103 cm³/mol. The topological polar surface area (TPSA) is 67.1 Å². The van der Waals surface area contributed by atoms with E-state index in [4.69, 9.17) is 11.6 Å². The molecule has 1 N–H and O–H groups in total. The molecule has 0 amide bonds. The number of piperidine rings is 1. The van der Waals surface area contributed by atoms with E-state index in [1.807, 2.05) is 47.1 Å². The molecular weight excluding hydrogens is 362 g/mol. The van der Waals surface area contributed by atoms with Gasteiger partial charge in [0, 0.05) is 18.1 Å². The van der Waals surface area contributed by atoms with Gasteiger partial charge in [0.15, 0.2) is 5.82 Å². The Morgan fingerprint density at radius 2 is 1.74 bits per heavy atom. The van der Waals surface area contributed by atoms with E-state index in [1.165, 1.54) is 0 Å². The molecule has 7 heteroatoms. The Morgan fingerprint density at radius 3 is 2.44 bits per heavy atom. The van der Waals surface area contributed by atoms with E-state index in [-0.39, 0.29) is 12.1 Å². The molecule has 2 heterocycles. The first kappa shape index (κ1) is 18.1. The molecule has 1 fully saturated rings. The maximum Gasteiger partial charge on any atom is 0.173 e. The van der Waals surface area contributed by atoms with Crippen molar-refractivity contribution >= 4 is 11.6 Å². The molecule has 1 aromatic heterocycles. The normalized spacial score (nSPS) is 17.1. The van der Waals surface area contributed by atoms with Gasteiger partial charge in [-0.2, -0.15) is 0 Å². The summed E-state index contributed by atoms with van der Waals surface area (Å²) in [6, 6.07) is 17.9. The van der Waals surface area contributed by atoms with Gasteiger partial charge in [-0.3, -0.25) is 4.90 Å². The second-order valence-electron chi connectivity index (χ2n) is 6.90. The van der Waals surface area contributed by atoms with E-state index in [0.29, 0.717) is 11.6 Å². The van der Waals surface area contributed by atoms with Crippen LogP contribution < -0.4 is 0 Å². The van der Waals surface area contributed by atoms with Gasteiger partial charge >= 0.3 is 0 Å². The third-order valence-electron chi connectivity index (χ3n) is 5.03. The summed E-state index contributed by atoms with van der Waals surface area (Å²) >= 11 is 6.09. The number of aliphatic hydroxyl groups excluding tert-OH is 1. The summed E-state index contributed by atoms with van der Waals surface area (Å²) in [5.41, 5.74) is 2.25. The predicted octanol–water partition coefficient (Wildman–Crippen LogP) is 2.92. The van der Waals surface area contributed by atoms with Gasteiger partial charge in [0.1, 0.15) is 0 Å². The molecule has 1 saturated heterocycles. The van der Waals surface area contributed by atoms with E-state index in [2.05, 4.69) is 32.6 Å². The number of benzene rings is 2. The third kappa shape index (κ3) is 4.18. The third-order valence-corrected chi connectivity index (χ3v) is 5.28. The Hall–Kier alpha value is -2.28. The quantitative estimate of drug-likeness (QED) is 0.733. The van der Waals surface area contributed by atoms with Crippen molar-refractivity contribution in [3.05, 3.63) is 76.6 Å². The molecule has 0 aliphatic carbocycles. The fourth-order valence-electron chi connectivity index (χ4n) is 3.59. The summed E-state index contributed by atoms with van der Waals surface area (Å²) in [5, 5.41) is 23.2. The summed E-state index contributed by atoms with van der Waals surface area (Å²) in [6.45, 7) is 2.21. The smallest absolute Gasteiger partial charge is 0.173 e. The van der Waals surface area contributed by atoms with Gasteiger partial charge in [0.2, 0.25) is 0 Å². The molecule has 27 heavy (non-hydrogen) atoms. The maximum absolute atomic E-state index is 9.91. The highest BCUT2D eigenvalue weighted by Crippen LogP contribution is 2.30. The highest BCUT2D eigenvalue weighted by atomic mass is 35.5. The fourth-order valence-corrected chi connectivity index (χ4v) is 3.71. The summed E-state index contributed by atoms with van der Waals surface area (Å²) < 4.78 is 1.86. The first-order chi connectivity index (χ1) is 13.2. The largest absolute Gasteiger partial charge is 0.393 e. The number of aromatic nitrogens is 4. The SMILES string of the molecule is OC1CCN(C(c2ccc(Cl)cc2)c2nnnn2Cc2ccccc2)CC1. The number of rotatable bonds is 5. The Kier molecular flexibility index (Phi) is 5.48. The van der Waals surface area contributed by atoms with Crippen LogP contribution in [-0.4, -0.2) is 49.4 Å². The molecule has 6 nitrogen and oxygen atoms in total. The van der Waals surface area contributed by atoms with Crippen LogP contribution in [0, 0.1) is 0 Å². The minimum atomic E-state index is -0.229. The Labute approximate surface area is 163 Å². The molecule has 2 aromatic carbocycles. The first-order valence-corrected chi connectivity index (χ1v) is 9.56. The van der Waals surface area contributed by atoms with Crippen LogP contribution in [0.25, 0.3) is 0 Å². The highest BCUT2D eigenvalue weighted by Gasteiger charge is 2.30. The zero-order valence-electron chi connectivity index (χ0n) is 14.9. The number of nitrogens with zero attached hydrogens (tertiary/aromatic N) is 5. The van der Waals surface area contributed by atoms with Crippen LogP contribution in [0.5, 0.6) is 0 Å². The van der Waals surface area contributed by atoms with Crippen molar-refractivity contribution in [1.29, 1.82) is 0 Å². The van der Waals surface area contributed by atoms with Crippen molar-refractivity contribution in [2.24, 2.45) is 0 Å². The minimum absolute atomic E-state index is 0.0755. The van der Waals surface area contributed by atoms with Gasteiger partial charge in [0.25, 0.3) is 0 Å². The maximum atomic E-state index is 9.91. The highest BCUT2D eigenvalue weighted by molar-refractivity contribution is 6.30. The van der Waals surface area contributed by atoms with Crippen molar-refractivity contribution in [3.63, 3.8) is 0 Å². The van der Waals surface area contributed by atoms with Gasteiger partial charge in [-0.05, 0) is 46.5 Å². The van der Waals surface area contributed by atoms with Crippen molar-refractivity contribution in [2.75, 3.05) is 13.1 Å². The van der Waals surface area contributed by atoms with Crippen LogP contribution >= 0.6 is 11.6 Å². The van der Waals surface area contributed by atoms with E-state index in [1.54, 1.807) is 0 Å². The van der Waals surface area contributed by atoms with E-state index in [9.17, 15) is 5.11 Å². The number of hydrogen-bond donors (Lipinski definition) is 1. The lowest BCUT2D eigenvalue weighted by Gasteiger charge is -2.35. The molecule has 1 aliphatic rings. The number of likely N-dealkylation sites (tertiary alicyclic amines) is 1. The molecule has 0 spiro atoms. The lowest BCUT2D eigenvalue weighted by atomic mass is 10.00. The van der Waals surface area contributed by atoms with Gasteiger partial charge in [-0.1, -0.05) is 54.1 Å². The van der Waals surface area contributed by atoms with Crippen LogP contribution in [0.2, 0.25) is 5.02 Å². The summed E-state index contributed by atoms with van der Waals surface area (Å²) in [4.78, 5) is 2.34. The average Bonchev–Trinajstić information content (AvgIpc) is 3.13. The Morgan fingerprint density at radius 1 is 1.04 bits per heavy atom. The molecule has 4 rings (SSSR count). The average molecular weight is 384 g/mol. The number of tetrazole rings is 1. The summed E-state index contributed by atoms with van der Waals surface area (Å²) in [6.07, 6.45) is 1.28. The number of halogens is 1. The lowest BCUT2D eigenvalue weighted by molar-refractivity contribution is 0.0662. The number of hydrogen-bond acceptors (Lipinski definition) is 5.